The van der Waals surface area contributed by atoms with Crippen LogP contribution in [0.1, 0.15) is 17.5 Å². The number of hydrogen-bond donors (Lipinski definition) is 0. The van der Waals surface area contributed by atoms with Crippen molar-refractivity contribution >= 4 is 12.4 Å². The Balaban J connectivity index is 2.07. The van der Waals surface area contributed by atoms with Crippen LogP contribution in [-0.4, -0.2) is 13.4 Å². The third-order valence-corrected chi connectivity index (χ3v) is 2.97. The minimum absolute atomic E-state index is 0.411. The maximum absolute atomic E-state index is 10.3. The molecule has 2 aromatic rings. The fourth-order valence-corrected chi connectivity index (χ4v) is 1.90. The van der Waals surface area contributed by atoms with E-state index in [4.69, 9.17) is 9.47 Å². The second-order valence-electron chi connectivity index (χ2n) is 4.49. The normalized spacial score (nSPS) is 10.5. The largest absolute Gasteiger partial charge is 0.493 e. The standard InChI is InChI=1S/C18H18O3/c1-20-18-13-15(7-5-6-12-19)10-11-17(18)21-14-16-8-3-2-4-9-16/h2-5,7-13H,6,14H2,1H3. The smallest absolute Gasteiger partial charge is 0.161 e. The first-order chi connectivity index (χ1) is 10.3. The zero-order chi connectivity index (χ0) is 14.9. The van der Waals surface area contributed by atoms with Crippen LogP contribution in [0.5, 0.6) is 11.5 Å². The molecule has 2 rings (SSSR count). The van der Waals surface area contributed by atoms with Crippen molar-refractivity contribution in [2.24, 2.45) is 0 Å². The fraction of sp³-hybridized carbons (Fsp3) is 0.167. The molecule has 0 aliphatic heterocycles. The molecule has 0 bridgehead atoms. The Morgan fingerprint density at radius 1 is 1.05 bits per heavy atom. The Bertz CT molecular complexity index is 603. The van der Waals surface area contributed by atoms with E-state index >= 15 is 0 Å². The van der Waals surface area contributed by atoms with E-state index in [9.17, 15) is 4.79 Å². The maximum atomic E-state index is 10.3. The van der Waals surface area contributed by atoms with E-state index < -0.39 is 0 Å². The SMILES string of the molecule is COc1cc(C=CCC=O)ccc1OCc1ccccc1. The first-order valence-electron chi connectivity index (χ1n) is 6.78. The van der Waals surface area contributed by atoms with Crippen molar-refractivity contribution in [2.45, 2.75) is 13.0 Å². The first kappa shape index (κ1) is 14.9. The molecule has 3 heteroatoms. The van der Waals surface area contributed by atoms with Crippen LogP contribution in [0.4, 0.5) is 0 Å². The molecular weight excluding hydrogens is 264 g/mol. The Morgan fingerprint density at radius 3 is 2.57 bits per heavy atom. The first-order valence-corrected chi connectivity index (χ1v) is 6.78. The second kappa shape index (κ2) is 7.90. The van der Waals surface area contributed by atoms with Crippen LogP contribution in [0.15, 0.2) is 54.6 Å². The van der Waals surface area contributed by atoms with Crippen LogP contribution < -0.4 is 9.47 Å². The molecule has 0 radical (unpaired) electrons. The number of aldehydes is 1. The van der Waals surface area contributed by atoms with Crippen LogP contribution in [0.25, 0.3) is 6.08 Å². The Morgan fingerprint density at radius 2 is 1.86 bits per heavy atom. The lowest BCUT2D eigenvalue weighted by Crippen LogP contribution is -1.97. The van der Waals surface area contributed by atoms with E-state index in [2.05, 4.69) is 0 Å². The Labute approximate surface area is 124 Å². The number of ether oxygens (including phenoxy) is 2. The van der Waals surface area contributed by atoms with Gasteiger partial charge < -0.3 is 14.3 Å². The molecule has 0 saturated heterocycles. The molecule has 0 spiro atoms. The highest BCUT2D eigenvalue weighted by Crippen LogP contribution is 2.29. The van der Waals surface area contributed by atoms with E-state index in [1.54, 1.807) is 7.11 Å². The van der Waals surface area contributed by atoms with Crippen LogP contribution in [-0.2, 0) is 11.4 Å². The average molecular weight is 282 g/mol. The molecule has 0 aliphatic carbocycles. The van der Waals surface area contributed by atoms with Crippen molar-refractivity contribution < 1.29 is 14.3 Å². The van der Waals surface area contributed by atoms with Crippen LogP contribution in [0.2, 0.25) is 0 Å². The van der Waals surface area contributed by atoms with Gasteiger partial charge in [-0.1, -0.05) is 48.6 Å². The minimum atomic E-state index is 0.411. The molecule has 0 aromatic heterocycles. The topological polar surface area (TPSA) is 35.5 Å². The summed E-state index contributed by atoms with van der Waals surface area (Å²) in [6, 6.07) is 15.7. The summed E-state index contributed by atoms with van der Waals surface area (Å²) in [5.74, 6) is 1.38. The van der Waals surface area contributed by atoms with Crippen molar-refractivity contribution in [3.8, 4) is 11.5 Å². The van der Waals surface area contributed by atoms with Crippen LogP contribution in [0, 0.1) is 0 Å². The van der Waals surface area contributed by atoms with Gasteiger partial charge in [0.15, 0.2) is 11.5 Å². The lowest BCUT2D eigenvalue weighted by Gasteiger charge is -2.11. The number of hydrogen-bond acceptors (Lipinski definition) is 3. The highest BCUT2D eigenvalue weighted by molar-refractivity contribution is 5.60. The molecule has 0 amide bonds. The molecule has 0 saturated carbocycles. The van der Waals surface area contributed by atoms with Gasteiger partial charge in [0.05, 0.1) is 7.11 Å². The third kappa shape index (κ3) is 4.49. The molecule has 0 heterocycles. The fourth-order valence-electron chi connectivity index (χ4n) is 1.90. The van der Waals surface area contributed by atoms with E-state index in [0.717, 1.165) is 17.4 Å². The molecule has 2 aromatic carbocycles. The zero-order valence-electron chi connectivity index (χ0n) is 12.0. The number of methoxy groups -OCH3 is 1. The summed E-state index contributed by atoms with van der Waals surface area (Å²) >= 11 is 0. The molecule has 21 heavy (non-hydrogen) atoms. The summed E-state index contributed by atoms with van der Waals surface area (Å²) in [7, 11) is 1.61. The molecular formula is C18H18O3. The van der Waals surface area contributed by atoms with Gasteiger partial charge in [-0.3, -0.25) is 0 Å². The highest BCUT2D eigenvalue weighted by atomic mass is 16.5. The molecule has 3 nitrogen and oxygen atoms in total. The number of carbonyl (C=O) groups is 1. The number of allylic oxidation sites excluding steroid dienone is 1. The monoisotopic (exact) mass is 282 g/mol. The average Bonchev–Trinajstić information content (AvgIpc) is 2.54. The number of carbonyl (C=O) groups excluding carboxylic acids is 1. The molecule has 0 fully saturated rings. The minimum Gasteiger partial charge on any atom is -0.493 e. The number of benzene rings is 2. The van der Waals surface area contributed by atoms with Gasteiger partial charge >= 0.3 is 0 Å². The summed E-state index contributed by atoms with van der Waals surface area (Å²) in [5, 5.41) is 0. The van der Waals surface area contributed by atoms with Crippen molar-refractivity contribution in [3.05, 3.63) is 65.7 Å². The van der Waals surface area contributed by atoms with Gasteiger partial charge in [0.25, 0.3) is 0 Å². The maximum Gasteiger partial charge on any atom is 0.161 e. The van der Waals surface area contributed by atoms with Gasteiger partial charge in [-0.2, -0.15) is 0 Å². The van der Waals surface area contributed by atoms with Gasteiger partial charge in [-0.25, -0.2) is 0 Å². The molecule has 108 valence electrons. The lowest BCUT2D eigenvalue weighted by molar-refractivity contribution is -0.107. The lowest BCUT2D eigenvalue weighted by atomic mass is 10.1. The van der Waals surface area contributed by atoms with Crippen molar-refractivity contribution in [2.75, 3.05) is 7.11 Å². The van der Waals surface area contributed by atoms with Gasteiger partial charge in [0.2, 0.25) is 0 Å². The summed E-state index contributed by atoms with van der Waals surface area (Å²) in [6.07, 6.45) is 4.98. The van der Waals surface area contributed by atoms with Crippen LogP contribution >= 0.6 is 0 Å². The van der Waals surface area contributed by atoms with Crippen molar-refractivity contribution in [3.63, 3.8) is 0 Å². The van der Waals surface area contributed by atoms with E-state index in [-0.39, 0.29) is 0 Å². The van der Waals surface area contributed by atoms with Gasteiger partial charge in [-0.05, 0) is 23.3 Å². The second-order valence-corrected chi connectivity index (χ2v) is 4.49. The predicted octanol–water partition coefficient (Wildman–Crippen LogP) is 3.88. The molecule has 0 N–H and O–H groups in total. The quantitative estimate of drug-likeness (QED) is 0.723. The summed E-state index contributed by atoms with van der Waals surface area (Å²) < 4.78 is 11.1. The molecule has 0 unspecified atom stereocenters. The number of rotatable bonds is 7. The van der Waals surface area contributed by atoms with E-state index in [0.29, 0.717) is 24.5 Å². The third-order valence-electron chi connectivity index (χ3n) is 2.97. The van der Waals surface area contributed by atoms with E-state index in [1.807, 2.05) is 60.7 Å². The van der Waals surface area contributed by atoms with Gasteiger partial charge in [0.1, 0.15) is 12.9 Å². The molecule has 0 atom stereocenters. The summed E-state index contributed by atoms with van der Waals surface area (Å²) in [4.78, 5) is 10.3. The molecule has 0 aliphatic rings. The summed E-state index contributed by atoms with van der Waals surface area (Å²) in [6.45, 7) is 0.498. The van der Waals surface area contributed by atoms with Crippen LogP contribution in [0.3, 0.4) is 0 Å². The Hall–Kier alpha value is -2.55. The van der Waals surface area contributed by atoms with Gasteiger partial charge in [-0.15, -0.1) is 0 Å². The van der Waals surface area contributed by atoms with Crippen molar-refractivity contribution in [1.82, 2.24) is 0 Å². The highest BCUT2D eigenvalue weighted by Gasteiger charge is 2.05. The summed E-state index contributed by atoms with van der Waals surface area (Å²) in [5.41, 5.74) is 2.08. The Kier molecular flexibility index (Phi) is 5.59. The van der Waals surface area contributed by atoms with E-state index in [1.165, 1.54) is 0 Å². The zero-order valence-corrected chi connectivity index (χ0v) is 12.0. The van der Waals surface area contributed by atoms with Gasteiger partial charge in [0, 0.05) is 6.42 Å². The predicted molar refractivity (Wildman–Crippen MR) is 83.5 cm³/mol. The van der Waals surface area contributed by atoms with Crippen molar-refractivity contribution in [1.29, 1.82) is 0 Å².